The largest absolute Gasteiger partial charge is 0.480 e. The Morgan fingerprint density at radius 2 is 2.31 bits per heavy atom. The second-order valence-electron chi connectivity index (χ2n) is 2.79. The maximum absolute atomic E-state index is 10.6. The van der Waals surface area contributed by atoms with E-state index in [1.807, 2.05) is 0 Å². The minimum atomic E-state index is -1.000. The molecule has 4 N–H and O–H groups in total. The van der Waals surface area contributed by atoms with Crippen molar-refractivity contribution in [3.63, 3.8) is 0 Å². The Labute approximate surface area is 78.7 Å². The maximum atomic E-state index is 10.6. The Kier molecular flexibility index (Phi) is 4.93. The van der Waals surface area contributed by atoms with Gasteiger partial charge in [-0.1, -0.05) is 0 Å². The molecular weight excluding hydrogens is 172 g/mol. The van der Waals surface area contributed by atoms with Gasteiger partial charge in [-0.25, -0.2) is 0 Å². The first-order valence-corrected chi connectivity index (χ1v) is 4.12. The van der Waals surface area contributed by atoms with Gasteiger partial charge in [0.15, 0.2) is 0 Å². The Morgan fingerprint density at radius 3 is 2.85 bits per heavy atom. The molecular formula is C8H16N2O3. The summed E-state index contributed by atoms with van der Waals surface area (Å²) >= 11 is 0. The van der Waals surface area contributed by atoms with Gasteiger partial charge in [0.05, 0.1) is 0 Å². The number of rotatable bonds is 6. The Hall–Kier alpha value is -1.10. The minimum Gasteiger partial charge on any atom is -0.480 e. The van der Waals surface area contributed by atoms with Crippen LogP contribution in [0.15, 0.2) is 0 Å². The summed E-state index contributed by atoms with van der Waals surface area (Å²) in [4.78, 5) is 20.9. The van der Waals surface area contributed by atoms with Crippen LogP contribution in [0.4, 0.5) is 0 Å². The second kappa shape index (κ2) is 6.42. The zero-order valence-corrected chi connectivity index (χ0v) is 7.45. The summed E-state index contributed by atoms with van der Waals surface area (Å²) in [5, 5.41) is 11.0. The Bertz CT molecular complexity index is 199. The maximum Gasteiger partial charge on any atom is 0.320 e. The lowest BCUT2D eigenvalue weighted by Crippen LogP contribution is -2.30. The number of nitrogens with two attached hydrogens (primary N) is 1. The third kappa shape index (κ3) is 7.27. The van der Waals surface area contributed by atoms with Crippen LogP contribution in [-0.2, 0) is 9.59 Å². The van der Waals surface area contributed by atoms with Crippen molar-refractivity contribution in [2.75, 3.05) is 6.54 Å². The fourth-order valence-corrected chi connectivity index (χ4v) is 0.841. The van der Waals surface area contributed by atoms with Crippen molar-refractivity contribution in [2.24, 2.45) is 5.73 Å². The monoisotopic (exact) mass is 189 g/mol. The summed E-state index contributed by atoms with van der Waals surface area (Å²) in [6.45, 7) is 0.207. The van der Waals surface area contributed by atoms with Gasteiger partial charge in [-0.05, 0) is 19.3 Å². The van der Waals surface area contributed by atoms with Crippen molar-refractivity contribution in [1.29, 1.82) is 0 Å². The van der Waals surface area contributed by atoms with Crippen LogP contribution in [0.1, 0.15) is 27.5 Å². The molecule has 1 atom stereocenters. The van der Waals surface area contributed by atoms with Crippen molar-refractivity contribution >= 4 is 11.9 Å². The lowest BCUT2D eigenvalue weighted by atomic mass is 10.1. The summed E-state index contributed by atoms with van der Waals surface area (Å²) in [5.41, 5.74) is 5.27. The first-order chi connectivity index (χ1) is 6.57. The van der Waals surface area contributed by atoms with Gasteiger partial charge in [0.25, 0.3) is 0 Å². The number of carboxylic acids is 1. The predicted molar refractivity (Wildman–Crippen MR) is 48.1 cm³/mol. The number of carbonyl (C=O) groups excluding carboxylic acids is 1. The molecule has 0 rings (SSSR count). The average Bonchev–Trinajstić information content (AvgIpc) is 2.16. The van der Waals surface area contributed by atoms with Crippen LogP contribution in [0.5, 0.6) is 0 Å². The van der Waals surface area contributed by atoms with E-state index >= 15 is 0 Å². The number of aliphatic carboxylic acids is 1. The van der Waals surface area contributed by atoms with E-state index < -0.39 is 12.0 Å². The fraction of sp³-hybridized carbons (Fsp3) is 0.750. The highest BCUT2D eigenvalue weighted by Crippen LogP contribution is 1.97. The van der Waals surface area contributed by atoms with Crippen LogP contribution >= 0.6 is 0 Å². The molecule has 0 aliphatic rings. The number of amides is 1. The van der Waals surface area contributed by atoms with Crippen LogP contribution < -0.4 is 11.1 Å². The van der Waals surface area contributed by atoms with Gasteiger partial charge in [0.1, 0.15) is 6.04 Å². The molecule has 0 aromatic rings. The molecule has 0 heterocycles. The van der Waals surface area contributed by atoms with Crippen molar-refractivity contribution < 1.29 is 16.1 Å². The number of nitrogens with one attached hydrogen (secondary N) is 1. The van der Waals surface area contributed by atoms with Gasteiger partial charge in [-0.2, -0.15) is 0 Å². The van der Waals surface area contributed by atoms with Gasteiger partial charge >= 0.3 is 5.97 Å². The molecule has 1 amide bonds. The van der Waals surface area contributed by atoms with E-state index in [9.17, 15) is 9.59 Å². The highest BCUT2D eigenvalue weighted by atomic mass is 16.4. The van der Waals surface area contributed by atoms with Crippen LogP contribution in [0.3, 0.4) is 0 Å². The number of hydrogen-bond acceptors (Lipinski definition) is 3. The number of carboxylic acid groups (broad SMARTS) is 1. The number of hydrogen-bond donors (Lipinski definition) is 3. The van der Waals surface area contributed by atoms with Gasteiger partial charge in [-0.3, -0.25) is 9.59 Å². The molecule has 0 spiro atoms. The SMILES string of the molecule is [2H]CC(=O)NCCCC[C@H](N)C(=O)O. The first-order valence-electron chi connectivity index (χ1n) is 4.83. The molecule has 13 heavy (non-hydrogen) atoms. The van der Waals surface area contributed by atoms with Crippen LogP contribution in [-0.4, -0.2) is 29.6 Å². The minimum absolute atomic E-state index is 0.269. The third-order valence-corrected chi connectivity index (χ3v) is 1.58. The fourth-order valence-electron chi connectivity index (χ4n) is 0.841. The Balaban J connectivity index is 3.30. The van der Waals surface area contributed by atoms with E-state index in [-0.39, 0.29) is 12.8 Å². The average molecular weight is 189 g/mol. The molecule has 0 radical (unpaired) electrons. The zero-order valence-electron chi connectivity index (χ0n) is 8.45. The van der Waals surface area contributed by atoms with Crippen LogP contribution in [0.25, 0.3) is 0 Å². The van der Waals surface area contributed by atoms with E-state index in [1.54, 1.807) is 0 Å². The van der Waals surface area contributed by atoms with Gasteiger partial charge in [0, 0.05) is 14.8 Å². The summed E-state index contributed by atoms with van der Waals surface area (Å²) in [6, 6.07) is -0.818. The molecule has 0 saturated heterocycles. The van der Waals surface area contributed by atoms with Crippen molar-refractivity contribution in [2.45, 2.75) is 32.2 Å². The van der Waals surface area contributed by atoms with Gasteiger partial charge < -0.3 is 16.2 Å². The standard InChI is InChI=1S/C8H16N2O3/c1-6(11)10-5-3-2-4-7(9)8(12)13/h7H,2-5,9H2,1H3,(H,10,11)(H,12,13)/t7-/m0/s1/i1D. The number of unbranched alkanes of at least 4 members (excludes halogenated alkanes) is 1. The van der Waals surface area contributed by atoms with Crippen molar-refractivity contribution in [1.82, 2.24) is 5.32 Å². The van der Waals surface area contributed by atoms with E-state index in [2.05, 4.69) is 5.32 Å². The topological polar surface area (TPSA) is 92.4 Å². The normalized spacial score (nSPS) is 13.2. The molecule has 0 saturated carbocycles. The molecule has 0 fully saturated rings. The molecule has 0 aromatic heterocycles. The van der Waals surface area contributed by atoms with E-state index in [4.69, 9.17) is 12.2 Å². The smallest absolute Gasteiger partial charge is 0.320 e. The molecule has 0 unspecified atom stereocenters. The van der Waals surface area contributed by atoms with Gasteiger partial charge in [-0.15, -0.1) is 0 Å². The number of carbonyl (C=O) groups is 2. The van der Waals surface area contributed by atoms with E-state index in [1.165, 1.54) is 0 Å². The van der Waals surface area contributed by atoms with Crippen LogP contribution in [0.2, 0.25) is 0 Å². The molecule has 0 aromatic carbocycles. The molecule has 0 bridgehead atoms. The van der Waals surface area contributed by atoms with Gasteiger partial charge in [0.2, 0.25) is 5.91 Å². The first kappa shape index (κ1) is 9.98. The zero-order chi connectivity index (χ0) is 11.0. The van der Waals surface area contributed by atoms with Crippen LogP contribution in [0, 0.1) is 0 Å². The lowest BCUT2D eigenvalue weighted by molar-refractivity contribution is -0.138. The summed E-state index contributed by atoms with van der Waals surface area (Å²) in [6.07, 6.45) is 1.75. The summed E-state index contributed by atoms with van der Waals surface area (Å²) in [7, 11) is 0. The lowest BCUT2D eigenvalue weighted by Gasteiger charge is -2.05. The summed E-state index contributed by atoms with van der Waals surface area (Å²) < 4.78 is 6.70. The quantitative estimate of drug-likeness (QED) is 0.500. The molecule has 0 aliphatic carbocycles. The highest BCUT2D eigenvalue weighted by Gasteiger charge is 2.09. The molecule has 5 nitrogen and oxygen atoms in total. The Morgan fingerprint density at radius 1 is 1.62 bits per heavy atom. The van der Waals surface area contributed by atoms with E-state index in [0.29, 0.717) is 25.8 Å². The third-order valence-electron chi connectivity index (χ3n) is 1.58. The second-order valence-corrected chi connectivity index (χ2v) is 2.79. The van der Waals surface area contributed by atoms with Crippen molar-refractivity contribution in [3.05, 3.63) is 0 Å². The predicted octanol–water partition coefficient (Wildman–Crippen LogP) is -0.295. The highest BCUT2D eigenvalue weighted by molar-refractivity contribution is 5.73. The molecule has 5 heteroatoms. The van der Waals surface area contributed by atoms with E-state index in [0.717, 1.165) is 0 Å². The molecule has 76 valence electrons. The summed E-state index contributed by atoms with van der Waals surface area (Å²) in [5.74, 6) is -1.31. The molecule has 0 aliphatic heterocycles. The van der Waals surface area contributed by atoms with Crippen molar-refractivity contribution in [3.8, 4) is 0 Å².